The number of phenols is 2. The molecule has 0 aliphatic rings. The summed E-state index contributed by atoms with van der Waals surface area (Å²) in [5.41, 5.74) is 13.9. The summed E-state index contributed by atoms with van der Waals surface area (Å²) in [6.07, 6.45) is 0. The third kappa shape index (κ3) is 2.92. The van der Waals surface area contributed by atoms with E-state index in [2.05, 4.69) is 0 Å². The summed E-state index contributed by atoms with van der Waals surface area (Å²) in [7, 11) is 0. The molecule has 3 aromatic carbocycles. The van der Waals surface area contributed by atoms with Crippen LogP contribution in [0.4, 0.5) is 11.4 Å². The first kappa shape index (κ1) is 16.2. The third-order valence-electron chi connectivity index (χ3n) is 3.96. The molecule has 0 atom stereocenters. The van der Waals surface area contributed by atoms with E-state index in [1.54, 1.807) is 30.3 Å². The van der Waals surface area contributed by atoms with Crippen LogP contribution in [0.15, 0.2) is 54.6 Å². The average Bonchev–Trinajstić information content (AvgIpc) is 2.59. The van der Waals surface area contributed by atoms with Crippen LogP contribution in [0.3, 0.4) is 0 Å². The summed E-state index contributed by atoms with van der Waals surface area (Å²) in [4.78, 5) is 11.7. The van der Waals surface area contributed by atoms with E-state index in [4.69, 9.17) is 11.5 Å². The van der Waals surface area contributed by atoms with Gasteiger partial charge in [0.15, 0.2) is 0 Å². The maximum atomic E-state index is 11.7. The lowest BCUT2D eigenvalue weighted by molar-refractivity contribution is 0.0697. The summed E-state index contributed by atoms with van der Waals surface area (Å²) >= 11 is 0. The van der Waals surface area contributed by atoms with Gasteiger partial charge in [0, 0.05) is 5.56 Å². The van der Waals surface area contributed by atoms with Gasteiger partial charge in [-0.2, -0.15) is 0 Å². The summed E-state index contributed by atoms with van der Waals surface area (Å²) in [6.45, 7) is 0. The molecule has 0 amide bonds. The van der Waals surface area contributed by atoms with Crippen molar-refractivity contribution in [3.63, 3.8) is 0 Å². The van der Waals surface area contributed by atoms with Crippen LogP contribution in [0, 0.1) is 0 Å². The molecule has 126 valence electrons. The Balaban J connectivity index is 2.32. The predicted octanol–water partition coefficient (Wildman–Crippen LogP) is 3.29. The molecule has 0 aromatic heterocycles. The average molecular weight is 336 g/mol. The molecule has 0 heterocycles. The highest BCUT2D eigenvalue weighted by Gasteiger charge is 2.18. The molecule has 0 unspecified atom stereocenters. The van der Waals surface area contributed by atoms with Crippen LogP contribution in [-0.4, -0.2) is 21.3 Å². The van der Waals surface area contributed by atoms with Crippen LogP contribution in [0.5, 0.6) is 11.5 Å². The zero-order valence-electron chi connectivity index (χ0n) is 13.1. The summed E-state index contributed by atoms with van der Waals surface area (Å²) < 4.78 is 0. The number of carbonyl (C=O) groups is 1. The molecule has 0 aliphatic heterocycles. The minimum Gasteiger partial charge on any atom is -0.506 e. The second kappa shape index (κ2) is 6.09. The zero-order chi connectivity index (χ0) is 18.1. The van der Waals surface area contributed by atoms with Crippen molar-refractivity contribution >= 4 is 17.3 Å². The van der Waals surface area contributed by atoms with Gasteiger partial charge < -0.3 is 26.8 Å². The topological polar surface area (TPSA) is 130 Å². The van der Waals surface area contributed by atoms with Crippen molar-refractivity contribution in [3.05, 3.63) is 60.2 Å². The molecule has 6 heteroatoms. The highest BCUT2D eigenvalue weighted by Crippen LogP contribution is 2.39. The number of anilines is 2. The van der Waals surface area contributed by atoms with Crippen molar-refractivity contribution < 1.29 is 20.1 Å². The maximum Gasteiger partial charge on any atom is 0.336 e. The van der Waals surface area contributed by atoms with E-state index in [9.17, 15) is 20.1 Å². The number of nitrogen functional groups attached to an aromatic ring is 2. The molecular weight excluding hydrogens is 320 g/mol. The number of aromatic hydroxyl groups is 2. The van der Waals surface area contributed by atoms with E-state index in [1.165, 1.54) is 24.3 Å². The number of nitrogens with two attached hydrogens (primary N) is 2. The molecule has 25 heavy (non-hydrogen) atoms. The second-order valence-electron chi connectivity index (χ2n) is 5.58. The minimum atomic E-state index is -1.10. The van der Waals surface area contributed by atoms with Crippen LogP contribution in [-0.2, 0) is 0 Å². The number of hydrogen-bond donors (Lipinski definition) is 5. The van der Waals surface area contributed by atoms with Crippen molar-refractivity contribution in [2.45, 2.75) is 0 Å². The normalized spacial score (nSPS) is 10.6. The molecule has 0 spiro atoms. The maximum absolute atomic E-state index is 11.7. The molecule has 6 nitrogen and oxygen atoms in total. The fraction of sp³-hybridized carbons (Fsp3) is 0. The van der Waals surface area contributed by atoms with Crippen molar-refractivity contribution in [1.29, 1.82) is 0 Å². The Morgan fingerprint density at radius 2 is 1.36 bits per heavy atom. The van der Waals surface area contributed by atoms with Crippen molar-refractivity contribution in [3.8, 4) is 33.8 Å². The SMILES string of the molecule is Nc1ccc(-c2cccc(C(=O)O)c2-c2ccc(N)c(O)c2)cc1O. The highest BCUT2D eigenvalue weighted by molar-refractivity contribution is 6.01. The van der Waals surface area contributed by atoms with Gasteiger partial charge in [0.25, 0.3) is 0 Å². The molecule has 3 aromatic rings. The largest absolute Gasteiger partial charge is 0.506 e. The van der Waals surface area contributed by atoms with Crippen molar-refractivity contribution in [2.75, 3.05) is 11.5 Å². The van der Waals surface area contributed by atoms with Gasteiger partial charge in [-0.25, -0.2) is 4.79 Å². The quantitative estimate of drug-likeness (QED) is 0.368. The first-order chi connectivity index (χ1) is 11.9. The predicted molar refractivity (Wildman–Crippen MR) is 96.4 cm³/mol. The molecule has 7 N–H and O–H groups in total. The lowest BCUT2D eigenvalue weighted by Crippen LogP contribution is -2.01. The number of carboxylic acids is 1. The van der Waals surface area contributed by atoms with E-state index < -0.39 is 5.97 Å². The monoisotopic (exact) mass is 336 g/mol. The lowest BCUT2D eigenvalue weighted by atomic mass is 9.90. The van der Waals surface area contributed by atoms with Crippen LogP contribution >= 0.6 is 0 Å². The summed E-state index contributed by atoms with van der Waals surface area (Å²) in [5.74, 6) is -1.33. The van der Waals surface area contributed by atoms with Gasteiger partial charge >= 0.3 is 5.97 Å². The van der Waals surface area contributed by atoms with Gasteiger partial charge in [-0.05, 0) is 47.0 Å². The van der Waals surface area contributed by atoms with Gasteiger partial charge in [-0.1, -0.05) is 24.3 Å². The first-order valence-corrected chi connectivity index (χ1v) is 7.42. The first-order valence-electron chi connectivity index (χ1n) is 7.42. The lowest BCUT2D eigenvalue weighted by Gasteiger charge is -2.15. The fourth-order valence-corrected chi connectivity index (χ4v) is 2.69. The zero-order valence-corrected chi connectivity index (χ0v) is 13.1. The van der Waals surface area contributed by atoms with E-state index in [1.807, 2.05) is 0 Å². The number of rotatable bonds is 3. The third-order valence-corrected chi connectivity index (χ3v) is 3.96. The molecule has 0 aliphatic carbocycles. The Bertz CT molecular complexity index is 983. The van der Waals surface area contributed by atoms with Crippen LogP contribution in [0.25, 0.3) is 22.3 Å². The smallest absolute Gasteiger partial charge is 0.336 e. The van der Waals surface area contributed by atoms with E-state index >= 15 is 0 Å². The Morgan fingerprint density at radius 1 is 0.800 bits per heavy atom. The van der Waals surface area contributed by atoms with Crippen LogP contribution < -0.4 is 11.5 Å². The number of phenolic OH excluding ortho intramolecular Hbond substituents is 2. The summed E-state index contributed by atoms with van der Waals surface area (Å²) in [6, 6.07) is 14.1. The van der Waals surface area contributed by atoms with Gasteiger partial charge in [0.2, 0.25) is 0 Å². The van der Waals surface area contributed by atoms with Crippen molar-refractivity contribution in [1.82, 2.24) is 0 Å². The molecule has 0 saturated carbocycles. The molecule has 0 bridgehead atoms. The van der Waals surface area contributed by atoms with Gasteiger partial charge in [-0.3, -0.25) is 0 Å². The van der Waals surface area contributed by atoms with Gasteiger partial charge in [0.1, 0.15) is 11.5 Å². The second-order valence-corrected chi connectivity index (χ2v) is 5.58. The Hall–Kier alpha value is -3.67. The number of aromatic carboxylic acids is 1. The molecular formula is C19H16N2O4. The Kier molecular flexibility index (Phi) is 3.94. The standard InChI is InChI=1S/C19H16N2O4/c20-14-6-4-10(8-16(14)22)12-2-1-3-13(19(24)25)18(12)11-5-7-15(21)17(23)9-11/h1-9,22-23H,20-21H2,(H,24,25). The Morgan fingerprint density at radius 3 is 1.92 bits per heavy atom. The number of benzene rings is 3. The van der Waals surface area contributed by atoms with E-state index in [-0.39, 0.29) is 28.4 Å². The highest BCUT2D eigenvalue weighted by atomic mass is 16.4. The van der Waals surface area contributed by atoms with Gasteiger partial charge in [0.05, 0.1) is 16.9 Å². The van der Waals surface area contributed by atoms with Gasteiger partial charge in [-0.15, -0.1) is 0 Å². The molecule has 3 rings (SSSR count). The molecule has 0 saturated heterocycles. The molecule has 0 radical (unpaired) electrons. The van der Waals surface area contributed by atoms with Crippen molar-refractivity contribution in [2.24, 2.45) is 0 Å². The van der Waals surface area contributed by atoms with E-state index in [0.29, 0.717) is 22.3 Å². The number of hydrogen-bond acceptors (Lipinski definition) is 5. The fourth-order valence-electron chi connectivity index (χ4n) is 2.69. The number of carboxylic acid groups (broad SMARTS) is 1. The Labute approximate surface area is 143 Å². The summed E-state index contributed by atoms with van der Waals surface area (Å²) in [5, 5.41) is 29.4. The molecule has 0 fully saturated rings. The van der Waals surface area contributed by atoms with E-state index in [0.717, 1.165) is 0 Å². The van der Waals surface area contributed by atoms with Crippen LogP contribution in [0.2, 0.25) is 0 Å². The van der Waals surface area contributed by atoms with Crippen LogP contribution in [0.1, 0.15) is 10.4 Å². The minimum absolute atomic E-state index is 0.0676.